The van der Waals surface area contributed by atoms with E-state index in [1.54, 1.807) is 7.11 Å². The van der Waals surface area contributed by atoms with Gasteiger partial charge in [-0.15, -0.1) is 0 Å². The first-order chi connectivity index (χ1) is 13.1. The predicted octanol–water partition coefficient (Wildman–Crippen LogP) is 3.84. The predicted molar refractivity (Wildman–Crippen MR) is 107 cm³/mol. The van der Waals surface area contributed by atoms with E-state index in [9.17, 15) is 4.79 Å². The Hall–Kier alpha value is -2.38. The summed E-state index contributed by atoms with van der Waals surface area (Å²) in [5.74, 6) is 1.62. The first-order valence-electron chi connectivity index (χ1n) is 9.06. The monoisotopic (exact) mass is 426 g/mol. The topological polar surface area (TPSA) is 61.5 Å². The molecule has 0 radical (unpaired) electrons. The molecule has 27 heavy (non-hydrogen) atoms. The molecule has 0 unspecified atom stereocenters. The Kier molecular flexibility index (Phi) is 3.94. The van der Waals surface area contributed by atoms with Crippen molar-refractivity contribution in [3.8, 4) is 17.1 Å². The number of hydrazine groups is 1. The van der Waals surface area contributed by atoms with Crippen LogP contribution in [0.3, 0.4) is 0 Å². The van der Waals surface area contributed by atoms with Gasteiger partial charge in [-0.3, -0.25) is 9.80 Å². The van der Waals surface area contributed by atoms with E-state index in [2.05, 4.69) is 30.9 Å². The zero-order valence-electron chi connectivity index (χ0n) is 14.9. The third kappa shape index (κ3) is 2.73. The molecule has 5 rings (SSSR count). The number of carbonyl (C=O) groups is 1. The molecule has 0 aliphatic carbocycles. The molecule has 7 heteroatoms. The summed E-state index contributed by atoms with van der Waals surface area (Å²) >= 11 is 3.62. The average Bonchev–Trinajstić information content (AvgIpc) is 3.40. The highest BCUT2D eigenvalue weighted by atomic mass is 79.9. The van der Waals surface area contributed by atoms with Gasteiger partial charge < -0.3 is 9.72 Å². The van der Waals surface area contributed by atoms with Crippen LogP contribution in [-0.2, 0) is 0 Å². The molecule has 2 aliphatic heterocycles. The van der Waals surface area contributed by atoms with E-state index in [0.29, 0.717) is 11.6 Å². The van der Waals surface area contributed by atoms with E-state index in [1.165, 1.54) is 0 Å². The molecule has 0 saturated carbocycles. The molecule has 0 atom stereocenters. The molecule has 3 aromatic rings. The summed E-state index contributed by atoms with van der Waals surface area (Å²) in [6, 6.07) is 11.8. The average molecular weight is 427 g/mol. The van der Waals surface area contributed by atoms with Gasteiger partial charge in [0.05, 0.1) is 24.2 Å². The summed E-state index contributed by atoms with van der Waals surface area (Å²) in [7, 11) is 1.65. The summed E-state index contributed by atoms with van der Waals surface area (Å²) < 4.78 is 6.12. The van der Waals surface area contributed by atoms with Crippen molar-refractivity contribution in [1.82, 2.24) is 20.0 Å². The quantitative estimate of drug-likeness (QED) is 0.690. The third-order valence-electron chi connectivity index (χ3n) is 5.46. The zero-order chi connectivity index (χ0) is 18.5. The zero-order valence-corrected chi connectivity index (χ0v) is 16.5. The van der Waals surface area contributed by atoms with Crippen molar-refractivity contribution >= 4 is 32.9 Å². The SMILES string of the molecule is COc1ccc2nc(-c3ccc(C(=O)N4C5CCN4CC5)cc3Br)[nH]c2c1. The number of methoxy groups -OCH3 is 1. The lowest BCUT2D eigenvalue weighted by atomic mass is 10.1. The van der Waals surface area contributed by atoms with Crippen LogP contribution in [-0.4, -0.2) is 52.1 Å². The van der Waals surface area contributed by atoms with Gasteiger partial charge in [0.2, 0.25) is 0 Å². The van der Waals surface area contributed by atoms with E-state index in [1.807, 2.05) is 41.4 Å². The Morgan fingerprint density at radius 1 is 1.22 bits per heavy atom. The van der Waals surface area contributed by atoms with Crippen LogP contribution in [0.5, 0.6) is 5.75 Å². The lowest BCUT2D eigenvalue weighted by molar-refractivity contribution is 0.0334. The molecular weight excluding hydrogens is 408 g/mol. The van der Waals surface area contributed by atoms with Gasteiger partial charge in [0.1, 0.15) is 11.6 Å². The normalized spacial score (nSPS) is 21.2. The number of aromatic nitrogens is 2. The van der Waals surface area contributed by atoms with Gasteiger partial charge in [0.25, 0.3) is 5.91 Å². The van der Waals surface area contributed by atoms with E-state index >= 15 is 0 Å². The minimum Gasteiger partial charge on any atom is -0.497 e. The number of imidazole rings is 1. The maximum Gasteiger partial charge on any atom is 0.268 e. The maximum absolute atomic E-state index is 12.9. The largest absolute Gasteiger partial charge is 0.497 e. The molecule has 1 amide bonds. The fourth-order valence-corrected chi connectivity index (χ4v) is 4.62. The second-order valence-corrected chi connectivity index (χ2v) is 7.85. The second-order valence-electron chi connectivity index (χ2n) is 7.00. The number of amides is 1. The number of piperidine rings is 1. The summed E-state index contributed by atoms with van der Waals surface area (Å²) in [6.45, 7) is 1.97. The highest BCUT2D eigenvalue weighted by Gasteiger charge is 2.41. The van der Waals surface area contributed by atoms with Crippen molar-refractivity contribution in [2.45, 2.75) is 18.9 Å². The molecule has 1 aromatic heterocycles. The lowest BCUT2D eigenvalue weighted by Gasteiger charge is -2.23. The number of H-pyrrole nitrogens is 1. The van der Waals surface area contributed by atoms with Gasteiger partial charge in [-0.05, 0) is 43.2 Å². The number of hydrogen-bond donors (Lipinski definition) is 1. The molecule has 138 valence electrons. The van der Waals surface area contributed by atoms with Crippen molar-refractivity contribution in [1.29, 1.82) is 0 Å². The fourth-order valence-electron chi connectivity index (χ4n) is 4.05. The highest BCUT2D eigenvalue weighted by molar-refractivity contribution is 9.10. The van der Waals surface area contributed by atoms with Crippen LogP contribution in [0.1, 0.15) is 23.2 Å². The van der Waals surface area contributed by atoms with Crippen LogP contribution < -0.4 is 4.74 Å². The first kappa shape index (κ1) is 16.8. The molecule has 2 saturated heterocycles. The fraction of sp³-hybridized carbons (Fsp3) is 0.300. The van der Waals surface area contributed by atoms with Crippen LogP contribution in [0.15, 0.2) is 40.9 Å². The van der Waals surface area contributed by atoms with E-state index in [4.69, 9.17) is 4.74 Å². The Bertz CT molecular complexity index is 1030. The summed E-state index contributed by atoms with van der Waals surface area (Å²) in [5.41, 5.74) is 3.41. The minimum absolute atomic E-state index is 0.0802. The molecule has 2 aromatic carbocycles. The van der Waals surface area contributed by atoms with Crippen molar-refractivity contribution in [2.75, 3.05) is 20.2 Å². The lowest BCUT2D eigenvalue weighted by Crippen LogP contribution is -2.38. The van der Waals surface area contributed by atoms with Crippen molar-refractivity contribution in [3.63, 3.8) is 0 Å². The summed E-state index contributed by atoms with van der Waals surface area (Å²) in [5, 5.41) is 4.11. The molecule has 3 heterocycles. The minimum atomic E-state index is 0.0802. The smallest absolute Gasteiger partial charge is 0.268 e. The van der Waals surface area contributed by atoms with Gasteiger partial charge in [-0.1, -0.05) is 15.9 Å². The molecule has 0 spiro atoms. The number of aromatic amines is 1. The number of nitrogens with one attached hydrogen (secondary N) is 1. The van der Waals surface area contributed by atoms with E-state index < -0.39 is 0 Å². The molecule has 2 aliphatic rings. The second kappa shape index (κ2) is 6.35. The number of carbonyl (C=O) groups excluding carboxylic acids is 1. The summed E-state index contributed by atoms with van der Waals surface area (Å²) in [6.07, 6.45) is 2.15. The molecule has 1 N–H and O–H groups in total. The summed E-state index contributed by atoms with van der Waals surface area (Å²) in [4.78, 5) is 20.9. The maximum atomic E-state index is 12.9. The van der Waals surface area contributed by atoms with Crippen LogP contribution in [0.25, 0.3) is 22.4 Å². The van der Waals surface area contributed by atoms with Gasteiger partial charge in [0, 0.05) is 34.8 Å². The Labute approximate surface area is 165 Å². The number of halogens is 1. The van der Waals surface area contributed by atoms with Crippen molar-refractivity contribution in [3.05, 3.63) is 46.4 Å². The first-order valence-corrected chi connectivity index (χ1v) is 9.85. The van der Waals surface area contributed by atoms with Gasteiger partial charge in [-0.25, -0.2) is 9.99 Å². The van der Waals surface area contributed by atoms with Crippen LogP contribution >= 0.6 is 15.9 Å². The number of ether oxygens (including phenoxy) is 1. The van der Waals surface area contributed by atoms with Crippen LogP contribution in [0.4, 0.5) is 0 Å². The van der Waals surface area contributed by atoms with Crippen molar-refractivity contribution in [2.24, 2.45) is 0 Å². The molecule has 6 nitrogen and oxygen atoms in total. The Morgan fingerprint density at radius 2 is 2.04 bits per heavy atom. The number of benzene rings is 2. The standard InChI is InChI=1S/C20H19BrN4O2/c1-27-14-3-5-17-18(11-14)23-19(22-17)15-4-2-12(10-16(15)21)20(26)25-13-6-8-24(25)9-7-13/h2-5,10-11,13H,6-9H2,1H3,(H,22,23). The van der Waals surface area contributed by atoms with E-state index in [0.717, 1.165) is 58.6 Å². The third-order valence-corrected chi connectivity index (χ3v) is 6.12. The molecular formula is C20H19BrN4O2. The van der Waals surface area contributed by atoms with Gasteiger partial charge in [0.15, 0.2) is 0 Å². The molecule has 2 fully saturated rings. The van der Waals surface area contributed by atoms with Gasteiger partial charge in [-0.2, -0.15) is 0 Å². The van der Waals surface area contributed by atoms with E-state index in [-0.39, 0.29) is 5.91 Å². The Morgan fingerprint density at radius 3 is 2.70 bits per heavy atom. The molecule has 2 bridgehead atoms. The number of nitrogens with zero attached hydrogens (tertiary/aromatic N) is 3. The van der Waals surface area contributed by atoms with Crippen molar-refractivity contribution < 1.29 is 9.53 Å². The Balaban J connectivity index is 1.47. The van der Waals surface area contributed by atoms with Crippen LogP contribution in [0, 0.1) is 0 Å². The number of rotatable bonds is 3. The number of hydrogen-bond acceptors (Lipinski definition) is 4. The van der Waals surface area contributed by atoms with Crippen LogP contribution in [0.2, 0.25) is 0 Å². The van der Waals surface area contributed by atoms with Gasteiger partial charge >= 0.3 is 0 Å². The number of fused-ring (bicyclic) bond motifs is 3. The highest BCUT2D eigenvalue weighted by Crippen LogP contribution is 2.33.